The summed E-state index contributed by atoms with van der Waals surface area (Å²) in [5.74, 6) is 4.88. The molecule has 12 nitrogen and oxygen atoms in total. The average Bonchev–Trinajstić information content (AvgIpc) is 3.55. The van der Waals surface area contributed by atoms with E-state index >= 15 is 0 Å². The third-order valence-electron chi connectivity index (χ3n) is 7.24. The van der Waals surface area contributed by atoms with Gasteiger partial charge in [-0.15, -0.1) is 0 Å². The molecule has 1 aliphatic rings. The minimum Gasteiger partial charge on any atom is -0.458 e. The van der Waals surface area contributed by atoms with Crippen LogP contribution in [0, 0.1) is 11.8 Å². The summed E-state index contributed by atoms with van der Waals surface area (Å²) < 4.78 is 10.7. The summed E-state index contributed by atoms with van der Waals surface area (Å²) in [6, 6.07) is 13.4. The van der Waals surface area contributed by atoms with E-state index < -0.39 is 35.2 Å². The summed E-state index contributed by atoms with van der Waals surface area (Å²) >= 11 is 0. The van der Waals surface area contributed by atoms with Crippen molar-refractivity contribution < 1.29 is 28.7 Å². The lowest BCUT2D eigenvalue weighted by molar-refractivity contribution is -0.159. The maximum Gasteiger partial charge on any atom is 0.426 e. The van der Waals surface area contributed by atoms with Crippen LogP contribution in [0.3, 0.4) is 0 Å². The standard InChI is InChI=1S/C37H38N6O6/c1-36(2,3)48-34(46)31-8-7-19-43(31)33(45)29-16-13-24(21-39-29)10-9-23-11-14-25(15-12-23)30-20-26(27-22-38-18-17-28(27)40-30)32(44)41-42-35(47)49-37(4,5)6/h11-18,20-22,31H,7-8,19H2,1-6H3,(H,41,44)(H,42,47)/t31-/m1/s1. The van der Waals surface area contributed by atoms with Crippen molar-refractivity contribution in [1.82, 2.24) is 30.7 Å². The third-order valence-corrected chi connectivity index (χ3v) is 7.24. The summed E-state index contributed by atoms with van der Waals surface area (Å²) in [4.78, 5) is 65.7. The zero-order valence-electron chi connectivity index (χ0n) is 28.3. The molecule has 0 saturated carbocycles. The molecule has 1 fully saturated rings. The topological polar surface area (TPSA) is 153 Å². The lowest BCUT2D eigenvalue weighted by atomic mass is 10.0. The first kappa shape index (κ1) is 34.5. The van der Waals surface area contributed by atoms with Gasteiger partial charge in [-0.1, -0.05) is 24.0 Å². The zero-order chi connectivity index (χ0) is 35.3. The molecule has 0 spiro atoms. The van der Waals surface area contributed by atoms with Gasteiger partial charge in [0, 0.05) is 47.2 Å². The molecular weight excluding hydrogens is 624 g/mol. The lowest BCUT2D eigenvalue weighted by Gasteiger charge is -2.27. The fraction of sp³-hybridized carbons (Fsp3) is 0.324. The highest BCUT2D eigenvalue weighted by atomic mass is 16.6. The van der Waals surface area contributed by atoms with Crippen molar-refractivity contribution in [2.45, 2.75) is 71.6 Å². The first-order valence-electron chi connectivity index (χ1n) is 15.8. The number of hydrazine groups is 1. The number of pyridine rings is 3. The number of esters is 1. The van der Waals surface area contributed by atoms with Gasteiger partial charge in [0.2, 0.25) is 0 Å². The molecule has 0 aliphatic carbocycles. The van der Waals surface area contributed by atoms with Crippen molar-refractivity contribution in [2.24, 2.45) is 0 Å². The van der Waals surface area contributed by atoms with Crippen molar-refractivity contribution in [3.63, 3.8) is 0 Å². The highest BCUT2D eigenvalue weighted by Gasteiger charge is 2.37. The van der Waals surface area contributed by atoms with Gasteiger partial charge in [0.05, 0.1) is 16.8 Å². The molecule has 1 atom stereocenters. The Morgan fingerprint density at radius 1 is 0.857 bits per heavy atom. The summed E-state index contributed by atoms with van der Waals surface area (Å²) in [6.45, 7) is 11.0. The molecule has 1 aliphatic heterocycles. The number of fused-ring (bicyclic) bond motifs is 1. The Hall–Kier alpha value is -5.83. The van der Waals surface area contributed by atoms with Gasteiger partial charge in [-0.2, -0.15) is 0 Å². The molecule has 3 amide bonds. The van der Waals surface area contributed by atoms with Crippen molar-refractivity contribution in [1.29, 1.82) is 0 Å². The van der Waals surface area contributed by atoms with Crippen LogP contribution in [0.4, 0.5) is 4.79 Å². The number of aromatic nitrogens is 3. The summed E-state index contributed by atoms with van der Waals surface area (Å²) in [5.41, 5.74) is 6.99. The SMILES string of the molecule is CC(C)(C)OC(=O)NNC(=O)c1cc(-c2ccc(C#Cc3ccc(C(=O)N4CCC[C@@H]4C(=O)OC(C)(C)C)nc3)cc2)nc2ccncc12. The van der Waals surface area contributed by atoms with Gasteiger partial charge in [0.15, 0.2) is 0 Å². The number of likely N-dealkylation sites (tertiary alicyclic amines) is 1. The first-order valence-corrected chi connectivity index (χ1v) is 15.8. The van der Waals surface area contributed by atoms with Crippen LogP contribution < -0.4 is 10.9 Å². The molecule has 252 valence electrons. The van der Waals surface area contributed by atoms with E-state index in [4.69, 9.17) is 14.5 Å². The van der Waals surface area contributed by atoms with Crippen LogP contribution >= 0.6 is 0 Å². The molecule has 49 heavy (non-hydrogen) atoms. The van der Waals surface area contributed by atoms with Crippen LogP contribution in [-0.4, -0.2) is 67.5 Å². The Morgan fingerprint density at radius 3 is 2.22 bits per heavy atom. The second-order valence-corrected chi connectivity index (χ2v) is 13.5. The van der Waals surface area contributed by atoms with Crippen LogP contribution in [0.1, 0.15) is 86.4 Å². The Kier molecular flexibility index (Phi) is 9.94. The molecular formula is C37H38N6O6. The zero-order valence-corrected chi connectivity index (χ0v) is 28.3. The largest absolute Gasteiger partial charge is 0.458 e. The van der Waals surface area contributed by atoms with E-state index in [1.807, 2.05) is 24.3 Å². The van der Waals surface area contributed by atoms with E-state index in [9.17, 15) is 19.2 Å². The van der Waals surface area contributed by atoms with Gasteiger partial charge in [0.1, 0.15) is 22.9 Å². The molecule has 3 aromatic heterocycles. The number of nitrogens with zero attached hydrogens (tertiary/aromatic N) is 4. The smallest absolute Gasteiger partial charge is 0.426 e. The van der Waals surface area contributed by atoms with Crippen molar-refractivity contribution in [3.05, 3.63) is 89.5 Å². The van der Waals surface area contributed by atoms with Gasteiger partial charge in [-0.3, -0.25) is 20.0 Å². The van der Waals surface area contributed by atoms with Crippen LogP contribution in [0.2, 0.25) is 0 Å². The molecule has 0 bridgehead atoms. The highest BCUT2D eigenvalue weighted by Crippen LogP contribution is 2.25. The molecule has 4 heterocycles. The van der Waals surface area contributed by atoms with Gasteiger partial charge in [0.25, 0.3) is 11.8 Å². The van der Waals surface area contributed by atoms with Crippen molar-refractivity contribution in [3.8, 4) is 23.1 Å². The number of benzene rings is 1. The molecule has 0 radical (unpaired) electrons. The van der Waals surface area contributed by atoms with Gasteiger partial charge >= 0.3 is 12.1 Å². The van der Waals surface area contributed by atoms with Gasteiger partial charge in [-0.05, 0) is 90.8 Å². The quantitative estimate of drug-likeness (QED) is 0.170. The monoisotopic (exact) mass is 662 g/mol. The third kappa shape index (κ3) is 8.96. The Bertz CT molecular complexity index is 1950. The van der Waals surface area contributed by atoms with Gasteiger partial charge in [-0.25, -0.2) is 25.0 Å². The van der Waals surface area contributed by atoms with Crippen molar-refractivity contribution in [2.75, 3.05) is 6.54 Å². The predicted molar refractivity (Wildman–Crippen MR) is 182 cm³/mol. The number of nitrogens with one attached hydrogen (secondary N) is 2. The number of amides is 3. The number of rotatable bonds is 4. The lowest BCUT2D eigenvalue weighted by Crippen LogP contribution is -2.44. The second-order valence-electron chi connectivity index (χ2n) is 13.5. The van der Waals surface area contributed by atoms with E-state index in [0.717, 1.165) is 17.5 Å². The highest BCUT2D eigenvalue weighted by molar-refractivity contribution is 6.07. The number of carbonyl (C=O) groups excluding carboxylic acids is 4. The minimum atomic E-state index is -0.787. The molecule has 2 N–H and O–H groups in total. The normalized spacial score (nSPS) is 14.4. The number of ether oxygens (including phenoxy) is 2. The van der Waals surface area contributed by atoms with E-state index in [1.54, 1.807) is 72.0 Å². The Labute approximate surface area is 284 Å². The Balaban J connectivity index is 1.27. The molecule has 1 saturated heterocycles. The van der Waals surface area contributed by atoms with Crippen LogP contribution in [-0.2, 0) is 14.3 Å². The van der Waals surface area contributed by atoms with E-state index in [2.05, 4.69) is 32.7 Å². The van der Waals surface area contributed by atoms with E-state index in [-0.39, 0.29) is 17.2 Å². The van der Waals surface area contributed by atoms with Crippen LogP contribution in [0.15, 0.2) is 67.1 Å². The van der Waals surface area contributed by atoms with Gasteiger partial charge < -0.3 is 14.4 Å². The summed E-state index contributed by atoms with van der Waals surface area (Å²) in [5, 5.41) is 0.516. The maximum absolute atomic E-state index is 13.2. The number of carbonyl (C=O) groups is 4. The molecule has 1 aromatic carbocycles. The summed E-state index contributed by atoms with van der Waals surface area (Å²) in [7, 11) is 0. The molecule has 4 aromatic rings. The minimum absolute atomic E-state index is 0.234. The molecule has 5 rings (SSSR count). The van der Waals surface area contributed by atoms with E-state index in [1.165, 1.54) is 17.3 Å². The predicted octanol–water partition coefficient (Wildman–Crippen LogP) is 5.21. The fourth-order valence-electron chi connectivity index (χ4n) is 5.12. The van der Waals surface area contributed by atoms with Crippen molar-refractivity contribution >= 4 is 34.8 Å². The van der Waals surface area contributed by atoms with Crippen LogP contribution in [0.5, 0.6) is 0 Å². The molecule has 0 unspecified atom stereocenters. The maximum atomic E-state index is 13.2. The number of hydrogen-bond donors (Lipinski definition) is 2. The first-order chi connectivity index (χ1) is 23.2. The molecule has 12 heteroatoms. The Morgan fingerprint density at radius 2 is 1.55 bits per heavy atom. The second kappa shape index (κ2) is 14.1. The van der Waals surface area contributed by atoms with E-state index in [0.29, 0.717) is 35.1 Å². The average molecular weight is 663 g/mol. The fourth-order valence-corrected chi connectivity index (χ4v) is 5.12. The number of hydrogen-bond acceptors (Lipinski definition) is 9. The summed E-state index contributed by atoms with van der Waals surface area (Å²) in [6.07, 6.45) is 5.15. The van der Waals surface area contributed by atoms with Crippen LogP contribution in [0.25, 0.3) is 22.2 Å².